The van der Waals surface area contributed by atoms with Gasteiger partial charge in [-0.05, 0) is 67.2 Å². The molecule has 2 nitrogen and oxygen atoms in total. The Bertz CT molecular complexity index is 854. The van der Waals surface area contributed by atoms with E-state index in [4.69, 9.17) is 4.74 Å². The molecule has 0 unspecified atom stereocenters. The van der Waals surface area contributed by atoms with E-state index >= 15 is 0 Å². The van der Waals surface area contributed by atoms with E-state index in [1.54, 1.807) is 12.1 Å². The standard InChI is InChI=1S/C27H33F5O2/c1-2-3-4-5-20-6-10-22(11-7-20)23-12-14-24(15-13-23)26(28,29)33-19-18-21-8-16-25(17-9-21)34-27(30,31)32/h8-9,12-17,20,22H,2-7,10-11,18-19H2,1H3. The Morgan fingerprint density at radius 1 is 0.824 bits per heavy atom. The van der Waals surface area contributed by atoms with Gasteiger partial charge in [-0.25, -0.2) is 0 Å². The van der Waals surface area contributed by atoms with Crippen molar-refractivity contribution in [1.29, 1.82) is 0 Å². The van der Waals surface area contributed by atoms with Crippen molar-refractivity contribution in [3.63, 3.8) is 0 Å². The monoisotopic (exact) mass is 484 g/mol. The van der Waals surface area contributed by atoms with Crippen molar-refractivity contribution in [2.24, 2.45) is 5.92 Å². The summed E-state index contributed by atoms with van der Waals surface area (Å²) >= 11 is 0. The molecule has 0 heterocycles. The summed E-state index contributed by atoms with van der Waals surface area (Å²) in [6.45, 7) is 1.95. The first-order valence-electron chi connectivity index (χ1n) is 12.1. The lowest BCUT2D eigenvalue weighted by Gasteiger charge is -2.29. The smallest absolute Gasteiger partial charge is 0.406 e. The molecule has 0 spiro atoms. The predicted molar refractivity (Wildman–Crippen MR) is 122 cm³/mol. The molecule has 0 aromatic heterocycles. The molecule has 0 atom stereocenters. The Hall–Kier alpha value is -2.15. The van der Waals surface area contributed by atoms with Crippen LogP contribution in [0.1, 0.15) is 80.9 Å². The van der Waals surface area contributed by atoms with Crippen LogP contribution in [0.4, 0.5) is 22.0 Å². The van der Waals surface area contributed by atoms with Crippen LogP contribution in [0, 0.1) is 5.92 Å². The second kappa shape index (κ2) is 12.0. The van der Waals surface area contributed by atoms with Crippen LogP contribution in [-0.2, 0) is 17.3 Å². The third-order valence-corrected chi connectivity index (χ3v) is 6.61. The summed E-state index contributed by atoms with van der Waals surface area (Å²) in [5.74, 6) is 0.871. The van der Waals surface area contributed by atoms with Crippen molar-refractivity contribution < 1.29 is 31.4 Å². The van der Waals surface area contributed by atoms with Gasteiger partial charge in [-0.1, -0.05) is 69.0 Å². The highest BCUT2D eigenvalue weighted by Crippen LogP contribution is 2.39. The van der Waals surface area contributed by atoms with Gasteiger partial charge in [0.1, 0.15) is 5.75 Å². The van der Waals surface area contributed by atoms with E-state index in [0.29, 0.717) is 11.5 Å². The Morgan fingerprint density at radius 3 is 2.06 bits per heavy atom. The molecule has 0 amide bonds. The first kappa shape index (κ1) is 26.5. The van der Waals surface area contributed by atoms with Gasteiger partial charge in [-0.3, -0.25) is 0 Å². The average Bonchev–Trinajstić information content (AvgIpc) is 2.80. The maximum absolute atomic E-state index is 14.5. The number of benzene rings is 2. The fraction of sp³-hybridized carbons (Fsp3) is 0.556. The third kappa shape index (κ3) is 8.26. The fourth-order valence-electron chi connectivity index (χ4n) is 4.65. The summed E-state index contributed by atoms with van der Waals surface area (Å²) in [5.41, 5.74) is 1.48. The van der Waals surface area contributed by atoms with Gasteiger partial charge in [-0.15, -0.1) is 13.2 Å². The van der Waals surface area contributed by atoms with Crippen LogP contribution >= 0.6 is 0 Å². The van der Waals surface area contributed by atoms with Crippen LogP contribution < -0.4 is 4.74 Å². The lowest BCUT2D eigenvalue weighted by molar-refractivity contribution is -0.274. The van der Waals surface area contributed by atoms with Crippen molar-refractivity contribution in [3.05, 3.63) is 65.2 Å². The number of unbranched alkanes of at least 4 members (excludes halogenated alkanes) is 2. The van der Waals surface area contributed by atoms with Crippen molar-refractivity contribution >= 4 is 0 Å². The number of alkyl halides is 5. The normalized spacial score (nSPS) is 19.2. The van der Waals surface area contributed by atoms with E-state index in [-0.39, 0.29) is 24.3 Å². The molecule has 0 saturated heterocycles. The van der Waals surface area contributed by atoms with E-state index in [1.807, 2.05) is 0 Å². The summed E-state index contributed by atoms with van der Waals surface area (Å²) < 4.78 is 74.3. The number of hydrogen-bond acceptors (Lipinski definition) is 2. The average molecular weight is 485 g/mol. The van der Waals surface area contributed by atoms with Crippen LogP contribution in [0.3, 0.4) is 0 Å². The molecule has 34 heavy (non-hydrogen) atoms. The zero-order valence-electron chi connectivity index (χ0n) is 19.6. The van der Waals surface area contributed by atoms with E-state index in [2.05, 4.69) is 11.7 Å². The van der Waals surface area contributed by atoms with E-state index in [0.717, 1.165) is 36.5 Å². The minimum atomic E-state index is -4.77. The lowest BCUT2D eigenvalue weighted by Crippen LogP contribution is -2.20. The van der Waals surface area contributed by atoms with E-state index < -0.39 is 12.5 Å². The van der Waals surface area contributed by atoms with Crippen LogP contribution in [0.5, 0.6) is 5.75 Å². The number of rotatable bonds is 11. The second-order valence-corrected chi connectivity index (χ2v) is 9.14. The molecule has 1 aliphatic rings. The Balaban J connectivity index is 1.45. The van der Waals surface area contributed by atoms with Gasteiger partial charge in [0, 0.05) is 0 Å². The summed E-state index contributed by atoms with van der Waals surface area (Å²) in [6.07, 6.45) is 1.70. The molecule has 1 saturated carbocycles. The fourth-order valence-corrected chi connectivity index (χ4v) is 4.65. The second-order valence-electron chi connectivity index (χ2n) is 9.14. The lowest BCUT2D eigenvalue weighted by atomic mass is 9.77. The summed E-state index contributed by atoms with van der Waals surface area (Å²) in [5, 5.41) is 0. The minimum absolute atomic E-state index is 0.140. The third-order valence-electron chi connectivity index (χ3n) is 6.61. The van der Waals surface area contributed by atoms with Crippen LogP contribution in [-0.4, -0.2) is 13.0 Å². The van der Waals surface area contributed by atoms with Gasteiger partial charge in [0.2, 0.25) is 0 Å². The molecule has 188 valence electrons. The Morgan fingerprint density at radius 2 is 1.47 bits per heavy atom. The van der Waals surface area contributed by atoms with Crippen molar-refractivity contribution in [3.8, 4) is 5.75 Å². The summed E-state index contributed by atoms with van der Waals surface area (Å²) in [6, 6.07) is 11.5. The molecular formula is C27H33F5O2. The van der Waals surface area contributed by atoms with Crippen molar-refractivity contribution in [2.45, 2.75) is 83.1 Å². The molecule has 2 aromatic rings. The van der Waals surface area contributed by atoms with Crippen LogP contribution in [0.15, 0.2) is 48.5 Å². The molecule has 0 bridgehead atoms. The minimum Gasteiger partial charge on any atom is -0.406 e. The highest BCUT2D eigenvalue weighted by molar-refractivity contribution is 5.28. The molecule has 2 aromatic carbocycles. The zero-order valence-corrected chi connectivity index (χ0v) is 19.6. The first-order chi connectivity index (χ1) is 16.2. The predicted octanol–water partition coefficient (Wildman–Crippen LogP) is 8.75. The topological polar surface area (TPSA) is 18.5 Å². The van der Waals surface area contributed by atoms with Crippen molar-refractivity contribution in [1.82, 2.24) is 0 Å². The zero-order chi connectivity index (χ0) is 24.6. The quantitative estimate of drug-likeness (QED) is 0.234. The maximum Gasteiger partial charge on any atom is 0.573 e. The summed E-state index contributed by atoms with van der Waals surface area (Å²) in [7, 11) is 0. The Labute approximate surface area is 198 Å². The number of halogens is 5. The van der Waals surface area contributed by atoms with Gasteiger partial charge >= 0.3 is 12.5 Å². The molecular weight excluding hydrogens is 451 g/mol. The van der Waals surface area contributed by atoms with Crippen LogP contribution in [0.2, 0.25) is 0 Å². The molecule has 0 aliphatic heterocycles. The molecule has 1 aliphatic carbocycles. The number of ether oxygens (including phenoxy) is 2. The Kier molecular flexibility index (Phi) is 9.34. The number of hydrogen-bond donors (Lipinski definition) is 0. The summed E-state index contributed by atoms with van der Waals surface area (Å²) in [4.78, 5) is 0. The van der Waals surface area contributed by atoms with Gasteiger partial charge in [0.25, 0.3) is 0 Å². The maximum atomic E-state index is 14.5. The van der Waals surface area contributed by atoms with E-state index in [9.17, 15) is 22.0 Å². The molecule has 1 fully saturated rings. The molecule has 7 heteroatoms. The molecule has 0 N–H and O–H groups in total. The van der Waals surface area contributed by atoms with Gasteiger partial charge in [0.15, 0.2) is 0 Å². The molecule has 3 rings (SSSR count). The van der Waals surface area contributed by atoms with Crippen LogP contribution in [0.25, 0.3) is 0 Å². The van der Waals surface area contributed by atoms with Crippen molar-refractivity contribution in [2.75, 3.05) is 6.61 Å². The molecule has 0 radical (unpaired) electrons. The highest BCUT2D eigenvalue weighted by atomic mass is 19.4. The van der Waals surface area contributed by atoms with Gasteiger partial charge in [0.05, 0.1) is 12.2 Å². The first-order valence-corrected chi connectivity index (χ1v) is 12.1. The SMILES string of the molecule is CCCCCC1CCC(c2ccc(C(F)(F)OCCc3ccc(OC(F)(F)F)cc3)cc2)CC1. The largest absolute Gasteiger partial charge is 0.573 e. The van der Waals surface area contributed by atoms with Gasteiger partial charge in [-0.2, -0.15) is 8.78 Å². The highest BCUT2D eigenvalue weighted by Gasteiger charge is 2.33. The van der Waals surface area contributed by atoms with Gasteiger partial charge < -0.3 is 9.47 Å². The van der Waals surface area contributed by atoms with E-state index in [1.165, 1.54) is 62.8 Å².